The number of carbonyl (C=O) groups is 1. The summed E-state index contributed by atoms with van der Waals surface area (Å²) in [6.07, 6.45) is 5.67. The quantitative estimate of drug-likeness (QED) is 0.403. The second-order valence-electron chi connectivity index (χ2n) is 8.12. The van der Waals surface area contributed by atoms with Gasteiger partial charge in [0.1, 0.15) is 10.7 Å². The van der Waals surface area contributed by atoms with E-state index >= 15 is 0 Å². The fourth-order valence-corrected chi connectivity index (χ4v) is 4.71. The molecule has 0 radical (unpaired) electrons. The molecule has 1 amide bonds. The third kappa shape index (κ3) is 3.98. The van der Waals surface area contributed by atoms with Crippen molar-refractivity contribution in [3.8, 4) is 22.0 Å². The number of amides is 1. The number of likely N-dealkylation sites (N-methyl/N-ethyl adjacent to an activating group) is 1. The Labute approximate surface area is 194 Å². The van der Waals surface area contributed by atoms with Crippen LogP contribution in [-0.2, 0) is 10.4 Å². The molecule has 9 nitrogen and oxygen atoms in total. The second-order valence-corrected chi connectivity index (χ2v) is 8.98. The Morgan fingerprint density at radius 3 is 2.91 bits per heavy atom. The minimum absolute atomic E-state index is 0.00382. The highest BCUT2D eigenvalue weighted by atomic mass is 32.1. The van der Waals surface area contributed by atoms with Crippen molar-refractivity contribution in [2.45, 2.75) is 25.0 Å². The average molecular weight is 462 g/mol. The third-order valence-corrected chi connectivity index (χ3v) is 6.78. The van der Waals surface area contributed by atoms with Crippen LogP contribution in [0.3, 0.4) is 0 Å². The molecule has 1 unspecified atom stereocenters. The van der Waals surface area contributed by atoms with Gasteiger partial charge in [-0.05, 0) is 24.6 Å². The van der Waals surface area contributed by atoms with E-state index in [1.165, 1.54) is 11.3 Å². The van der Waals surface area contributed by atoms with Crippen molar-refractivity contribution in [2.75, 3.05) is 18.9 Å². The molecule has 168 valence electrons. The van der Waals surface area contributed by atoms with Crippen LogP contribution in [0.4, 0.5) is 5.95 Å². The molecule has 1 aromatic carbocycles. The highest BCUT2D eigenvalue weighted by molar-refractivity contribution is 7.13. The number of nitrogens with zero attached hydrogens (tertiary/aromatic N) is 5. The minimum Gasteiger partial charge on any atom is -0.375 e. The molecule has 0 spiro atoms. The maximum atomic E-state index is 12.5. The molecule has 0 bridgehead atoms. The van der Waals surface area contributed by atoms with Crippen LogP contribution in [0, 0.1) is 0 Å². The second kappa shape index (κ2) is 8.38. The van der Waals surface area contributed by atoms with E-state index in [0.29, 0.717) is 30.2 Å². The van der Waals surface area contributed by atoms with Crippen molar-refractivity contribution in [3.05, 3.63) is 65.4 Å². The third-order valence-electron chi connectivity index (χ3n) is 5.88. The van der Waals surface area contributed by atoms with Gasteiger partial charge < -0.3 is 15.3 Å². The molecule has 10 heteroatoms. The summed E-state index contributed by atoms with van der Waals surface area (Å²) in [5, 5.41) is 23.8. The Morgan fingerprint density at radius 2 is 2.15 bits per heavy atom. The first kappa shape index (κ1) is 21.2. The zero-order chi connectivity index (χ0) is 23.0. The smallest absolute Gasteiger partial charge is 0.258 e. The number of hydrogen-bond acceptors (Lipinski definition) is 8. The zero-order valence-corrected chi connectivity index (χ0v) is 19.0. The van der Waals surface area contributed by atoms with Gasteiger partial charge in [0, 0.05) is 48.9 Å². The van der Waals surface area contributed by atoms with Crippen LogP contribution in [0.25, 0.3) is 22.0 Å². The lowest BCUT2D eigenvalue weighted by Gasteiger charge is -2.21. The molecule has 4 heterocycles. The van der Waals surface area contributed by atoms with Gasteiger partial charge >= 0.3 is 0 Å². The lowest BCUT2D eigenvalue weighted by molar-refractivity contribution is -0.143. The van der Waals surface area contributed by atoms with Crippen molar-refractivity contribution in [3.63, 3.8) is 0 Å². The monoisotopic (exact) mass is 461 g/mol. The van der Waals surface area contributed by atoms with Gasteiger partial charge in [0.25, 0.3) is 5.91 Å². The number of carbonyl (C=O) groups excluding carboxylic acids is 1. The summed E-state index contributed by atoms with van der Waals surface area (Å²) in [6.45, 7) is 2.54. The van der Waals surface area contributed by atoms with Gasteiger partial charge in [0.2, 0.25) is 5.95 Å². The van der Waals surface area contributed by atoms with Crippen LogP contribution < -0.4 is 5.32 Å². The van der Waals surface area contributed by atoms with Gasteiger partial charge in [-0.25, -0.2) is 15.0 Å². The summed E-state index contributed by atoms with van der Waals surface area (Å²) in [4.78, 5) is 27.7. The zero-order valence-electron chi connectivity index (χ0n) is 18.2. The Bertz CT molecular complexity index is 1290. The van der Waals surface area contributed by atoms with Crippen LogP contribution in [0.15, 0.2) is 54.3 Å². The Balaban J connectivity index is 1.39. The van der Waals surface area contributed by atoms with Crippen molar-refractivity contribution in [2.24, 2.45) is 0 Å². The molecular weight excluding hydrogens is 438 g/mol. The number of aromatic amines is 1. The van der Waals surface area contributed by atoms with Crippen LogP contribution in [-0.4, -0.2) is 54.7 Å². The van der Waals surface area contributed by atoms with Crippen LogP contribution in [0.2, 0.25) is 0 Å². The van der Waals surface area contributed by atoms with Gasteiger partial charge in [-0.15, -0.1) is 11.3 Å². The average Bonchev–Trinajstić information content (AvgIpc) is 3.59. The molecule has 33 heavy (non-hydrogen) atoms. The van der Waals surface area contributed by atoms with Gasteiger partial charge in [-0.2, -0.15) is 5.10 Å². The Kier molecular flexibility index (Phi) is 5.39. The molecule has 1 saturated heterocycles. The fourth-order valence-electron chi connectivity index (χ4n) is 3.90. The normalized spacial score (nSPS) is 19.1. The van der Waals surface area contributed by atoms with E-state index in [1.807, 2.05) is 42.8 Å². The lowest BCUT2D eigenvalue weighted by Crippen LogP contribution is -2.36. The van der Waals surface area contributed by atoms with E-state index in [0.717, 1.165) is 21.8 Å². The summed E-state index contributed by atoms with van der Waals surface area (Å²) in [7, 11) is 1.71. The SMILES string of the molecule is CC(Nc1nccc(-c2csc(-c3cccc([C@]4(O)CCN(C)C4=O)c3)n2)n1)c1cn[nH]c1. The topological polar surface area (TPSA) is 120 Å². The van der Waals surface area contributed by atoms with E-state index < -0.39 is 5.60 Å². The lowest BCUT2D eigenvalue weighted by atomic mass is 9.91. The number of benzene rings is 1. The molecule has 5 rings (SSSR count). The maximum Gasteiger partial charge on any atom is 0.258 e. The molecular formula is C23H23N7O2S. The number of hydrogen-bond donors (Lipinski definition) is 3. The van der Waals surface area contributed by atoms with Crippen molar-refractivity contribution < 1.29 is 9.90 Å². The number of thiazole rings is 1. The van der Waals surface area contributed by atoms with Gasteiger partial charge in [0.15, 0.2) is 5.60 Å². The minimum atomic E-state index is -1.48. The molecule has 3 aromatic heterocycles. The fraction of sp³-hybridized carbons (Fsp3) is 0.261. The van der Waals surface area contributed by atoms with E-state index in [-0.39, 0.29) is 11.9 Å². The first-order valence-corrected chi connectivity index (χ1v) is 11.4. The number of nitrogens with one attached hydrogen (secondary N) is 2. The largest absolute Gasteiger partial charge is 0.375 e. The standard InChI is InChI=1S/C23H23N7O2S/c1-14(16-11-25-26-12-16)27-22-24-8-6-18(29-22)19-13-33-20(28-19)15-4-3-5-17(10-15)23(32)7-9-30(2)21(23)31/h3-6,8,10-14,32H,7,9H2,1-2H3,(H,25,26)(H,24,27,29)/t14?,23-/m1/s1. The van der Waals surface area contributed by atoms with E-state index in [2.05, 4.69) is 25.5 Å². The predicted molar refractivity (Wildman–Crippen MR) is 125 cm³/mol. The summed E-state index contributed by atoms with van der Waals surface area (Å²) in [6, 6.07) is 9.23. The van der Waals surface area contributed by atoms with Gasteiger partial charge in [-0.3, -0.25) is 9.89 Å². The number of anilines is 1. The van der Waals surface area contributed by atoms with E-state index in [9.17, 15) is 9.90 Å². The first-order chi connectivity index (χ1) is 15.9. The summed E-state index contributed by atoms with van der Waals surface area (Å²) in [5.41, 5.74) is 2.40. The van der Waals surface area contributed by atoms with Crippen molar-refractivity contribution in [1.82, 2.24) is 30.0 Å². The number of H-pyrrole nitrogens is 1. The summed E-state index contributed by atoms with van der Waals surface area (Å²) >= 11 is 1.49. The molecule has 1 aliphatic rings. The Hall–Kier alpha value is -3.63. The summed E-state index contributed by atoms with van der Waals surface area (Å²) in [5.74, 6) is 0.231. The van der Waals surface area contributed by atoms with Crippen LogP contribution >= 0.6 is 11.3 Å². The van der Waals surface area contributed by atoms with Crippen LogP contribution in [0.1, 0.15) is 30.5 Å². The predicted octanol–water partition coefficient (Wildman–Crippen LogP) is 3.21. The molecule has 4 aromatic rings. The summed E-state index contributed by atoms with van der Waals surface area (Å²) < 4.78 is 0. The molecule has 3 N–H and O–H groups in total. The molecule has 2 atom stereocenters. The number of rotatable bonds is 6. The Morgan fingerprint density at radius 1 is 1.27 bits per heavy atom. The number of likely N-dealkylation sites (tertiary alicyclic amines) is 1. The first-order valence-electron chi connectivity index (χ1n) is 10.6. The number of aliphatic hydroxyl groups is 1. The highest BCUT2D eigenvalue weighted by Crippen LogP contribution is 2.36. The molecule has 1 fully saturated rings. The van der Waals surface area contributed by atoms with E-state index in [4.69, 9.17) is 4.98 Å². The van der Waals surface area contributed by atoms with Crippen LogP contribution in [0.5, 0.6) is 0 Å². The van der Waals surface area contributed by atoms with Crippen molar-refractivity contribution in [1.29, 1.82) is 0 Å². The molecule has 0 saturated carbocycles. The molecule has 1 aliphatic heterocycles. The van der Waals surface area contributed by atoms with Crippen molar-refractivity contribution >= 4 is 23.2 Å². The number of aromatic nitrogens is 5. The van der Waals surface area contributed by atoms with E-state index in [1.54, 1.807) is 30.4 Å². The molecule has 0 aliphatic carbocycles. The maximum absolute atomic E-state index is 12.5. The van der Waals surface area contributed by atoms with Gasteiger partial charge in [0.05, 0.1) is 17.9 Å². The van der Waals surface area contributed by atoms with Gasteiger partial charge in [-0.1, -0.05) is 18.2 Å². The highest BCUT2D eigenvalue weighted by Gasteiger charge is 2.45.